The summed E-state index contributed by atoms with van der Waals surface area (Å²) >= 11 is 0. The Morgan fingerprint density at radius 1 is 0.905 bits per heavy atom. The Morgan fingerprint density at radius 3 is 2.40 bits per heavy atom. The summed E-state index contributed by atoms with van der Waals surface area (Å²) in [4.78, 5) is 8.73. The van der Waals surface area contributed by atoms with Crippen LogP contribution in [0.1, 0.15) is 23.2 Å². The summed E-state index contributed by atoms with van der Waals surface area (Å²) in [6, 6.07) is 14.5. The summed E-state index contributed by atoms with van der Waals surface area (Å²) in [6.07, 6.45) is -3.72. The fourth-order valence-corrected chi connectivity index (χ4v) is 5.97. The van der Waals surface area contributed by atoms with E-state index in [2.05, 4.69) is 15.2 Å². The van der Waals surface area contributed by atoms with Gasteiger partial charge >= 0.3 is 6.18 Å². The summed E-state index contributed by atoms with van der Waals surface area (Å²) in [7, 11) is 0. The lowest BCUT2D eigenvalue weighted by molar-refractivity contribution is -0.137. The summed E-state index contributed by atoms with van der Waals surface area (Å²) in [5.74, 6) is -2.96. The molecule has 2 fully saturated rings. The molecule has 2 atom stereocenters. The van der Waals surface area contributed by atoms with Crippen molar-refractivity contribution in [3.8, 4) is 5.75 Å². The minimum Gasteiger partial charge on any atom is -0.492 e. The molecule has 220 valence electrons. The number of alkyl halides is 3. The van der Waals surface area contributed by atoms with Crippen LogP contribution in [0.25, 0.3) is 10.9 Å². The van der Waals surface area contributed by atoms with E-state index >= 15 is 0 Å². The number of rotatable bonds is 8. The van der Waals surface area contributed by atoms with E-state index < -0.39 is 29.2 Å². The number of benzene rings is 3. The molecule has 42 heavy (non-hydrogen) atoms. The maximum Gasteiger partial charge on any atom is 0.416 e. The van der Waals surface area contributed by atoms with Crippen LogP contribution in [0.4, 0.5) is 37.7 Å². The number of pyridine rings is 1. The lowest BCUT2D eigenvalue weighted by Gasteiger charge is -2.34. The maximum absolute atomic E-state index is 14.1. The fraction of sp³-hybridized carbons (Fsp3) is 0.323. The van der Waals surface area contributed by atoms with Crippen molar-refractivity contribution in [3.05, 3.63) is 94.9 Å². The van der Waals surface area contributed by atoms with E-state index in [-0.39, 0.29) is 42.2 Å². The predicted octanol–water partition coefficient (Wildman–Crippen LogP) is 7.06. The standard InChI is InChI=1S/C31H28F6N4O/c1-18-8-30(25-4-2-3-5-29(25)38-18)39-21-10-20(31(35,36)37)11-24(12-21)42-7-6-40-16-23-13-22(40)17-41(23)15-19-9-27(33)28(34)14-26(19)32/h2-5,8-12,14,22-23H,6-7,13,15-17H2,1H3,(H,38,39). The van der Waals surface area contributed by atoms with Gasteiger partial charge < -0.3 is 10.1 Å². The quantitative estimate of drug-likeness (QED) is 0.177. The van der Waals surface area contributed by atoms with E-state index in [4.69, 9.17) is 4.74 Å². The normalized spacial score (nSPS) is 19.1. The fourth-order valence-electron chi connectivity index (χ4n) is 5.97. The van der Waals surface area contributed by atoms with Gasteiger partial charge in [0.1, 0.15) is 18.2 Å². The molecule has 2 unspecified atom stereocenters. The minimum atomic E-state index is -4.56. The second-order valence-corrected chi connectivity index (χ2v) is 10.9. The Labute approximate surface area is 238 Å². The number of para-hydroxylation sites is 1. The van der Waals surface area contributed by atoms with Crippen LogP contribution in [0.15, 0.2) is 60.7 Å². The zero-order valence-electron chi connectivity index (χ0n) is 22.7. The molecule has 2 saturated heterocycles. The molecule has 0 aliphatic carbocycles. The monoisotopic (exact) mass is 586 g/mol. The predicted molar refractivity (Wildman–Crippen MR) is 147 cm³/mol. The largest absolute Gasteiger partial charge is 0.492 e. The average molecular weight is 587 g/mol. The van der Waals surface area contributed by atoms with Crippen molar-refractivity contribution in [1.82, 2.24) is 14.8 Å². The van der Waals surface area contributed by atoms with Crippen LogP contribution >= 0.6 is 0 Å². The zero-order chi connectivity index (χ0) is 29.6. The number of aromatic nitrogens is 1. The molecule has 0 amide bonds. The number of piperazine rings is 1. The van der Waals surface area contributed by atoms with Crippen molar-refractivity contribution in [2.45, 2.75) is 38.1 Å². The van der Waals surface area contributed by atoms with Crippen LogP contribution in [0.5, 0.6) is 5.75 Å². The number of fused-ring (bicyclic) bond motifs is 3. The van der Waals surface area contributed by atoms with Crippen molar-refractivity contribution in [2.24, 2.45) is 0 Å². The first kappa shape index (κ1) is 28.3. The van der Waals surface area contributed by atoms with Crippen LogP contribution in [-0.2, 0) is 12.7 Å². The van der Waals surface area contributed by atoms with Gasteiger partial charge in [0.2, 0.25) is 0 Å². The smallest absolute Gasteiger partial charge is 0.416 e. The molecule has 2 bridgehead atoms. The lowest BCUT2D eigenvalue weighted by Crippen LogP contribution is -2.47. The van der Waals surface area contributed by atoms with Crippen LogP contribution < -0.4 is 10.1 Å². The number of likely N-dealkylation sites (tertiary alicyclic amines) is 2. The highest BCUT2D eigenvalue weighted by molar-refractivity contribution is 5.93. The van der Waals surface area contributed by atoms with Crippen molar-refractivity contribution in [1.29, 1.82) is 0 Å². The highest BCUT2D eigenvalue weighted by Gasteiger charge is 2.43. The van der Waals surface area contributed by atoms with Gasteiger partial charge in [-0.2, -0.15) is 13.2 Å². The Bertz CT molecular complexity index is 1630. The summed E-state index contributed by atoms with van der Waals surface area (Å²) in [5.41, 5.74) is 1.64. The lowest BCUT2D eigenvalue weighted by atomic mass is 10.1. The van der Waals surface area contributed by atoms with E-state index in [0.717, 1.165) is 41.2 Å². The second kappa shape index (κ2) is 11.1. The Kier molecular flexibility index (Phi) is 7.48. The summed E-state index contributed by atoms with van der Waals surface area (Å²) in [5, 5.41) is 3.91. The number of hydrogen-bond acceptors (Lipinski definition) is 5. The SMILES string of the molecule is Cc1cc(Nc2cc(OCCN3CC4CC3CN4Cc3cc(F)c(F)cc3F)cc(C(F)(F)F)c2)c2ccccc2n1. The number of halogens is 6. The molecule has 4 aromatic rings. The summed E-state index contributed by atoms with van der Waals surface area (Å²) < 4.78 is 88.1. The van der Waals surface area contributed by atoms with Crippen molar-refractivity contribution >= 4 is 22.3 Å². The molecule has 2 aliphatic heterocycles. The van der Waals surface area contributed by atoms with E-state index in [1.165, 1.54) is 0 Å². The molecule has 0 radical (unpaired) electrons. The van der Waals surface area contributed by atoms with Crippen molar-refractivity contribution in [3.63, 3.8) is 0 Å². The van der Waals surface area contributed by atoms with Crippen LogP contribution in [0.3, 0.4) is 0 Å². The zero-order valence-corrected chi connectivity index (χ0v) is 22.7. The number of ether oxygens (including phenoxy) is 1. The number of nitrogens with one attached hydrogen (secondary N) is 1. The maximum atomic E-state index is 14.1. The average Bonchev–Trinajstić information content (AvgIpc) is 3.51. The number of hydrogen-bond donors (Lipinski definition) is 1. The van der Waals surface area contributed by atoms with Gasteiger partial charge in [0.05, 0.1) is 11.1 Å². The van der Waals surface area contributed by atoms with Gasteiger partial charge in [0.15, 0.2) is 11.6 Å². The first-order valence-electron chi connectivity index (χ1n) is 13.6. The highest BCUT2D eigenvalue weighted by Crippen LogP contribution is 2.37. The van der Waals surface area contributed by atoms with Crippen molar-refractivity contribution < 1.29 is 31.1 Å². The first-order chi connectivity index (χ1) is 20.0. The van der Waals surface area contributed by atoms with Crippen LogP contribution in [0.2, 0.25) is 0 Å². The van der Waals surface area contributed by atoms with Gasteiger partial charge in [0, 0.05) is 78.4 Å². The van der Waals surface area contributed by atoms with Crippen LogP contribution in [-0.4, -0.2) is 53.1 Å². The molecule has 1 aromatic heterocycles. The molecule has 5 nitrogen and oxygen atoms in total. The van der Waals surface area contributed by atoms with Crippen molar-refractivity contribution in [2.75, 3.05) is 31.6 Å². The van der Waals surface area contributed by atoms with E-state index in [0.29, 0.717) is 31.4 Å². The van der Waals surface area contributed by atoms with E-state index in [9.17, 15) is 26.3 Å². The Balaban J connectivity index is 1.10. The van der Waals surface area contributed by atoms with Gasteiger partial charge in [-0.05, 0) is 43.7 Å². The van der Waals surface area contributed by atoms with Gasteiger partial charge in [-0.3, -0.25) is 14.8 Å². The number of anilines is 2. The van der Waals surface area contributed by atoms with E-state index in [1.54, 1.807) is 12.1 Å². The molecule has 3 heterocycles. The Hall–Kier alpha value is -3.83. The molecule has 6 rings (SSSR count). The van der Waals surface area contributed by atoms with Gasteiger partial charge in [-0.15, -0.1) is 0 Å². The van der Waals surface area contributed by atoms with E-state index in [1.807, 2.05) is 36.1 Å². The molecule has 0 spiro atoms. The Morgan fingerprint density at radius 2 is 1.64 bits per heavy atom. The molecular formula is C31H28F6N4O. The minimum absolute atomic E-state index is 0.0993. The molecular weight excluding hydrogens is 558 g/mol. The highest BCUT2D eigenvalue weighted by atomic mass is 19.4. The van der Waals surface area contributed by atoms with Crippen LogP contribution in [0, 0.1) is 24.4 Å². The molecule has 3 aromatic carbocycles. The summed E-state index contributed by atoms with van der Waals surface area (Å²) in [6.45, 7) is 3.98. The molecule has 2 aliphatic rings. The van der Waals surface area contributed by atoms with Gasteiger partial charge in [-0.1, -0.05) is 18.2 Å². The second-order valence-electron chi connectivity index (χ2n) is 10.9. The third-order valence-electron chi connectivity index (χ3n) is 7.93. The van der Waals surface area contributed by atoms with Gasteiger partial charge in [-0.25, -0.2) is 13.2 Å². The third-order valence-corrected chi connectivity index (χ3v) is 7.93. The third kappa shape index (κ3) is 5.89. The molecule has 0 saturated carbocycles. The molecule has 11 heteroatoms. The number of nitrogens with zero attached hydrogens (tertiary/aromatic N) is 3. The number of aryl methyl sites for hydroxylation is 1. The first-order valence-corrected chi connectivity index (χ1v) is 13.6. The molecule has 1 N–H and O–H groups in total. The topological polar surface area (TPSA) is 40.6 Å². The van der Waals surface area contributed by atoms with Gasteiger partial charge in [0.25, 0.3) is 0 Å².